The molecule has 0 radical (unpaired) electrons. The predicted octanol–water partition coefficient (Wildman–Crippen LogP) is 1.32. The smallest absolute Gasteiger partial charge is 0.356 e. The first-order chi connectivity index (χ1) is 7.58. The van der Waals surface area contributed by atoms with Gasteiger partial charge < -0.3 is 5.11 Å². The maximum absolute atomic E-state index is 10.6. The van der Waals surface area contributed by atoms with Crippen molar-refractivity contribution in [2.45, 2.75) is 6.92 Å². The average molecular weight is 239 g/mol. The largest absolute Gasteiger partial charge is 0.476 e. The molecule has 0 saturated carbocycles. The number of carbonyl (C=O) groups is 1. The Labute approximate surface area is 95.5 Å². The molecule has 0 unspecified atom stereocenters. The van der Waals surface area contributed by atoms with Crippen molar-refractivity contribution in [3.63, 3.8) is 0 Å². The molecule has 82 valence electrons. The number of aromatic carboxylic acids is 1. The Kier molecular flexibility index (Phi) is 2.57. The summed E-state index contributed by atoms with van der Waals surface area (Å²) in [5.74, 6) is -0.700. The maximum atomic E-state index is 10.6. The van der Waals surface area contributed by atoms with Gasteiger partial charge in [-0.1, -0.05) is 11.6 Å². The van der Waals surface area contributed by atoms with Gasteiger partial charge in [0.05, 0.1) is 16.9 Å². The van der Waals surface area contributed by atoms with Crippen molar-refractivity contribution in [2.75, 3.05) is 0 Å². The Hall–Kier alpha value is -1.95. The van der Waals surface area contributed by atoms with Gasteiger partial charge in [-0.2, -0.15) is 5.10 Å². The van der Waals surface area contributed by atoms with Gasteiger partial charge in [0, 0.05) is 0 Å². The van der Waals surface area contributed by atoms with Crippen molar-refractivity contribution in [1.29, 1.82) is 0 Å². The van der Waals surface area contributed by atoms with Crippen molar-refractivity contribution in [2.24, 2.45) is 0 Å². The molecule has 2 rings (SSSR count). The van der Waals surface area contributed by atoms with Crippen LogP contribution in [0.4, 0.5) is 0 Å². The number of rotatable bonds is 2. The number of nitrogens with zero attached hydrogens (tertiary/aromatic N) is 4. The lowest BCUT2D eigenvalue weighted by Crippen LogP contribution is -2.05. The summed E-state index contributed by atoms with van der Waals surface area (Å²) < 4.78 is 1.44. The fourth-order valence-corrected chi connectivity index (χ4v) is 1.25. The summed E-state index contributed by atoms with van der Waals surface area (Å²) in [6.07, 6.45) is 1.58. The Bertz CT molecular complexity index is 515. The van der Waals surface area contributed by atoms with Gasteiger partial charge in [0.15, 0.2) is 11.5 Å². The molecular weight excluding hydrogens is 232 g/mol. The molecule has 0 aromatic carbocycles. The summed E-state index contributed by atoms with van der Waals surface area (Å²) in [6.45, 7) is 1.76. The van der Waals surface area contributed by atoms with E-state index in [0.29, 0.717) is 16.5 Å². The summed E-state index contributed by atoms with van der Waals surface area (Å²) in [6, 6.07) is 2.87. The minimum absolute atomic E-state index is 0.112. The van der Waals surface area contributed by atoms with Gasteiger partial charge in [0.1, 0.15) is 0 Å². The molecule has 7 heteroatoms. The minimum atomic E-state index is -1.12. The van der Waals surface area contributed by atoms with Gasteiger partial charge in [0.25, 0.3) is 0 Å². The molecule has 6 nitrogen and oxygen atoms in total. The molecule has 0 amide bonds. The molecule has 0 aliphatic carbocycles. The summed E-state index contributed by atoms with van der Waals surface area (Å²) in [7, 11) is 0. The van der Waals surface area contributed by atoms with E-state index >= 15 is 0 Å². The lowest BCUT2D eigenvalue weighted by molar-refractivity contribution is 0.0689. The quantitative estimate of drug-likeness (QED) is 0.853. The molecule has 0 saturated heterocycles. The molecule has 0 spiro atoms. The van der Waals surface area contributed by atoms with Crippen LogP contribution < -0.4 is 0 Å². The second kappa shape index (κ2) is 3.90. The van der Waals surface area contributed by atoms with Crippen LogP contribution in [0.15, 0.2) is 18.3 Å². The molecule has 0 aliphatic heterocycles. The van der Waals surface area contributed by atoms with Crippen LogP contribution in [0.2, 0.25) is 5.02 Å². The van der Waals surface area contributed by atoms with E-state index in [2.05, 4.69) is 15.3 Å². The third-order valence-electron chi connectivity index (χ3n) is 1.94. The monoisotopic (exact) mass is 238 g/mol. The number of aromatic nitrogens is 4. The first-order valence-corrected chi connectivity index (χ1v) is 4.75. The highest BCUT2D eigenvalue weighted by Gasteiger charge is 2.08. The van der Waals surface area contributed by atoms with Crippen LogP contribution in [0.5, 0.6) is 0 Å². The van der Waals surface area contributed by atoms with Crippen molar-refractivity contribution in [3.8, 4) is 5.82 Å². The van der Waals surface area contributed by atoms with Gasteiger partial charge in [-0.25, -0.2) is 9.48 Å². The topological polar surface area (TPSA) is 80.9 Å². The summed E-state index contributed by atoms with van der Waals surface area (Å²) in [4.78, 5) is 10.6. The number of carboxylic acids is 1. The number of hydrogen-bond acceptors (Lipinski definition) is 4. The molecule has 2 heterocycles. The first kappa shape index (κ1) is 10.6. The van der Waals surface area contributed by atoms with Crippen molar-refractivity contribution >= 4 is 17.6 Å². The van der Waals surface area contributed by atoms with Crippen molar-refractivity contribution in [3.05, 3.63) is 34.7 Å². The molecule has 2 aromatic heterocycles. The van der Waals surface area contributed by atoms with Crippen LogP contribution in [-0.4, -0.2) is 31.1 Å². The number of carboxylic acid groups (broad SMARTS) is 1. The Morgan fingerprint density at radius 1 is 1.44 bits per heavy atom. The van der Waals surface area contributed by atoms with Gasteiger partial charge in [-0.3, -0.25) is 0 Å². The SMILES string of the molecule is Cc1nn(-c2ccc(C(=O)O)nn2)cc1Cl. The third-order valence-corrected chi connectivity index (χ3v) is 2.31. The summed E-state index contributed by atoms with van der Waals surface area (Å²) >= 11 is 5.84. The molecule has 1 N–H and O–H groups in total. The molecule has 0 aliphatic rings. The van der Waals surface area contributed by atoms with Gasteiger partial charge >= 0.3 is 5.97 Å². The lowest BCUT2D eigenvalue weighted by atomic mass is 10.4. The standard InChI is InChI=1S/C9H7ClN4O2/c1-5-6(10)4-14(13-5)8-3-2-7(9(15)16)11-12-8/h2-4H,1H3,(H,15,16). The van der Waals surface area contributed by atoms with E-state index in [1.54, 1.807) is 13.1 Å². The predicted molar refractivity (Wildman–Crippen MR) is 55.9 cm³/mol. The van der Waals surface area contributed by atoms with Crippen LogP contribution in [-0.2, 0) is 0 Å². The van der Waals surface area contributed by atoms with E-state index in [4.69, 9.17) is 16.7 Å². The summed E-state index contributed by atoms with van der Waals surface area (Å²) in [5.41, 5.74) is 0.560. The Morgan fingerprint density at radius 2 is 2.19 bits per heavy atom. The second-order valence-corrected chi connectivity index (χ2v) is 3.50. The van der Waals surface area contributed by atoms with E-state index in [1.807, 2.05) is 0 Å². The number of hydrogen-bond donors (Lipinski definition) is 1. The summed E-state index contributed by atoms with van der Waals surface area (Å²) in [5, 5.41) is 20.5. The van der Waals surface area contributed by atoms with E-state index in [0.717, 1.165) is 0 Å². The zero-order valence-electron chi connectivity index (χ0n) is 8.25. The molecule has 0 atom stereocenters. The molecule has 2 aromatic rings. The molecule has 0 fully saturated rings. The Morgan fingerprint density at radius 3 is 2.62 bits per heavy atom. The zero-order valence-corrected chi connectivity index (χ0v) is 9.01. The van der Waals surface area contributed by atoms with Crippen LogP contribution in [0.25, 0.3) is 5.82 Å². The van der Waals surface area contributed by atoms with Crippen molar-refractivity contribution < 1.29 is 9.90 Å². The van der Waals surface area contributed by atoms with E-state index < -0.39 is 5.97 Å². The normalized spacial score (nSPS) is 10.4. The number of halogens is 1. The van der Waals surface area contributed by atoms with Crippen molar-refractivity contribution in [1.82, 2.24) is 20.0 Å². The third kappa shape index (κ3) is 1.87. The highest BCUT2D eigenvalue weighted by Crippen LogP contribution is 2.14. The van der Waals surface area contributed by atoms with E-state index in [1.165, 1.54) is 16.8 Å². The highest BCUT2D eigenvalue weighted by atomic mass is 35.5. The molecular formula is C9H7ClN4O2. The fourth-order valence-electron chi connectivity index (χ4n) is 1.12. The number of aryl methyl sites for hydroxylation is 1. The second-order valence-electron chi connectivity index (χ2n) is 3.09. The van der Waals surface area contributed by atoms with E-state index in [9.17, 15) is 4.79 Å². The molecule has 16 heavy (non-hydrogen) atoms. The lowest BCUT2D eigenvalue weighted by Gasteiger charge is -1.98. The van der Waals surface area contributed by atoms with Gasteiger partial charge in [-0.15, -0.1) is 10.2 Å². The zero-order chi connectivity index (χ0) is 11.7. The van der Waals surface area contributed by atoms with Crippen LogP contribution in [0.3, 0.4) is 0 Å². The minimum Gasteiger partial charge on any atom is -0.476 e. The van der Waals surface area contributed by atoms with E-state index in [-0.39, 0.29) is 5.69 Å². The highest BCUT2D eigenvalue weighted by molar-refractivity contribution is 6.31. The fraction of sp³-hybridized carbons (Fsp3) is 0.111. The van der Waals surface area contributed by atoms with Crippen LogP contribution in [0, 0.1) is 6.92 Å². The van der Waals surface area contributed by atoms with Gasteiger partial charge in [-0.05, 0) is 19.1 Å². The van der Waals surface area contributed by atoms with Crippen LogP contribution in [0.1, 0.15) is 16.2 Å². The average Bonchev–Trinajstić information content (AvgIpc) is 2.59. The first-order valence-electron chi connectivity index (χ1n) is 4.37. The Balaban J connectivity index is 2.38. The molecule has 0 bridgehead atoms. The maximum Gasteiger partial charge on any atom is 0.356 e. The van der Waals surface area contributed by atoms with Gasteiger partial charge in [0.2, 0.25) is 0 Å². The van der Waals surface area contributed by atoms with Crippen LogP contribution >= 0.6 is 11.6 Å².